The number of anilines is 5. The van der Waals surface area contributed by atoms with Crippen LogP contribution in [0.1, 0.15) is 40.2 Å². The molecule has 6 aromatic rings. The highest BCUT2D eigenvalue weighted by atomic mass is 32.1. The Balaban J connectivity index is 1.47. The normalized spacial score (nSPS) is 19.4. The average molecular weight is 561 g/mol. The summed E-state index contributed by atoms with van der Waals surface area (Å²) in [7, 11) is 0. The maximum absolute atomic E-state index is 2.81. The Kier molecular flexibility index (Phi) is 4.73. The van der Waals surface area contributed by atoms with Crippen molar-refractivity contribution in [3.8, 4) is 0 Å². The Morgan fingerprint density at radius 1 is 0.667 bits per heavy atom. The number of nitrogens with zero attached hydrogens (tertiary/aromatic N) is 2. The van der Waals surface area contributed by atoms with Crippen molar-refractivity contribution in [2.45, 2.75) is 45.6 Å². The molecule has 0 bridgehead atoms. The second kappa shape index (κ2) is 8.08. The lowest BCUT2D eigenvalue weighted by molar-refractivity contribution is 0.225. The zero-order chi connectivity index (χ0) is 28.5. The van der Waals surface area contributed by atoms with Gasteiger partial charge >= 0.3 is 0 Å². The maximum Gasteiger partial charge on any atom is 0.252 e. The molecular weight excluding hydrogens is 527 g/mol. The molecule has 2 nitrogen and oxygen atoms in total. The van der Waals surface area contributed by atoms with Crippen LogP contribution >= 0.6 is 11.3 Å². The third-order valence-corrected chi connectivity index (χ3v) is 12.3. The van der Waals surface area contributed by atoms with Crippen molar-refractivity contribution in [3.05, 3.63) is 109 Å². The van der Waals surface area contributed by atoms with Crippen LogP contribution in [0, 0.1) is 5.92 Å². The van der Waals surface area contributed by atoms with Gasteiger partial charge in [-0.05, 0) is 65.1 Å². The highest BCUT2D eigenvalue weighted by Gasteiger charge is 2.60. The van der Waals surface area contributed by atoms with E-state index in [1.54, 1.807) is 0 Å². The summed E-state index contributed by atoms with van der Waals surface area (Å²) in [5.74, 6) is 0.436. The van der Waals surface area contributed by atoms with Crippen molar-refractivity contribution in [2.24, 2.45) is 5.92 Å². The predicted molar refractivity (Wildman–Crippen MR) is 184 cm³/mol. The van der Waals surface area contributed by atoms with Crippen molar-refractivity contribution in [3.63, 3.8) is 0 Å². The lowest BCUT2D eigenvalue weighted by Crippen LogP contribution is -2.64. The van der Waals surface area contributed by atoms with Crippen LogP contribution in [0.3, 0.4) is 0 Å². The van der Waals surface area contributed by atoms with Crippen LogP contribution in [0.15, 0.2) is 103 Å². The first-order valence-corrected chi connectivity index (χ1v) is 16.0. The Morgan fingerprint density at radius 3 is 2.21 bits per heavy atom. The molecule has 1 atom stereocenters. The minimum Gasteiger partial charge on any atom is -0.334 e. The molecule has 0 spiro atoms. The van der Waals surface area contributed by atoms with E-state index in [0.717, 1.165) is 0 Å². The first kappa shape index (κ1) is 24.6. The summed E-state index contributed by atoms with van der Waals surface area (Å²) in [5, 5.41) is 2.74. The van der Waals surface area contributed by atoms with Gasteiger partial charge in [-0.1, -0.05) is 100 Å². The van der Waals surface area contributed by atoms with Gasteiger partial charge in [-0.3, -0.25) is 0 Å². The van der Waals surface area contributed by atoms with Gasteiger partial charge in [0.05, 0.1) is 15.9 Å². The van der Waals surface area contributed by atoms with Gasteiger partial charge in [-0.2, -0.15) is 0 Å². The molecule has 5 aromatic carbocycles. The van der Waals surface area contributed by atoms with Crippen molar-refractivity contribution in [2.75, 3.05) is 9.80 Å². The molecule has 1 aromatic heterocycles. The van der Waals surface area contributed by atoms with E-state index >= 15 is 0 Å². The van der Waals surface area contributed by atoms with Crippen LogP contribution in [0.25, 0.3) is 20.2 Å². The van der Waals surface area contributed by atoms with Gasteiger partial charge in [-0.25, -0.2) is 0 Å². The second-order valence-corrected chi connectivity index (χ2v) is 14.4. The molecule has 3 aliphatic heterocycles. The van der Waals surface area contributed by atoms with Gasteiger partial charge in [0.25, 0.3) is 6.71 Å². The van der Waals surface area contributed by atoms with Crippen LogP contribution in [-0.2, 0) is 5.41 Å². The largest absolute Gasteiger partial charge is 0.334 e. The van der Waals surface area contributed by atoms with Crippen molar-refractivity contribution < 1.29 is 0 Å². The number of para-hydroxylation sites is 2. The fourth-order valence-electron chi connectivity index (χ4n) is 8.58. The van der Waals surface area contributed by atoms with E-state index in [-0.39, 0.29) is 17.7 Å². The summed E-state index contributed by atoms with van der Waals surface area (Å²) < 4.78 is 2.79. The monoisotopic (exact) mass is 560 g/mol. The molecule has 0 amide bonds. The molecule has 3 aliphatic rings. The van der Waals surface area contributed by atoms with Gasteiger partial charge in [0, 0.05) is 43.6 Å². The van der Waals surface area contributed by atoms with Crippen molar-refractivity contribution in [1.82, 2.24) is 0 Å². The number of rotatable bonds is 2. The molecule has 0 radical (unpaired) electrons. The molecule has 0 fully saturated rings. The summed E-state index contributed by atoms with van der Waals surface area (Å²) >= 11 is 1.97. The smallest absolute Gasteiger partial charge is 0.252 e. The van der Waals surface area contributed by atoms with Crippen LogP contribution in [0.4, 0.5) is 28.4 Å². The van der Waals surface area contributed by atoms with E-state index in [0.29, 0.717) is 5.92 Å². The van der Waals surface area contributed by atoms with Gasteiger partial charge in [0.15, 0.2) is 0 Å². The Labute approximate surface area is 252 Å². The number of hydrogen-bond donors (Lipinski definition) is 0. The first-order valence-electron chi connectivity index (χ1n) is 15.2. The van der Waals surface area contributed by atoms with Gasteiger partial charge in [-0.15, -0.1) is 11.3 Å². The molecule has 0 saturated carbocycles. The zero-order valence-electron chi connectivity index (χ0n) is 24.8. The van der Waals surface area contributed by atoms with E-state index < -0.39 is 0 Å². The number of fused-ring (bicyclic) bond motifs is 9. The summed E-state index contributed by atoms with van der Waals surface area (Å²) in [6.07, 6.45) is 0. The Hall–Kier alpha value is -4.02. The third kappa shape index (κ3) is 2.73. The number of thiophene rings is 1. The van der Waals surface area contributed by atoms with Crippen LogP contribution in [0.5, 0.6) is 0 Å². The summed E-state index contributed by atoms with van der Waals surface area (Å²) in [6.45, 7) is 12.5. The molecule has 4 heteroatoms. The first-order chi connectivity index (χ1) is 20.3. The molecular formula is C38H33BN2S. The molecule has 9 rings (SSSR count). The van der Waals surface area contributed by atoms with E-state index in [1.165, 1.54) is 70.6 Å². The van der Waals surface area contributed by atoms with Gasteiger partial charge in [0.2, 0.25) is 0 Å². The number of benzene rings is 5. The summed E-state index contributed by atoms with van der Waals surface area (Å²) in [4.78, 5) is 5.31. The molecule has 0 N–H and O–H groups in total. The van der Waals surface area contributed by atoms with Crippen molar-refractivity contribution in [1.29, 1.82) is 0 Å². The predicted octanol–water partition coefficient (Wildman–Crippen LogP) is 8.51. The highest BCUT2D eigenvalue weighted by molar-refractivity contribution is 7.26. The molecule has 204 valence electrons. The SMILES string of the molecule is CC(C)C1(C)N2c3c(ccc4c3B(c3ccccc3N4c3ccccc3)c3ccc4c(sc5ccccc54)c32)C1(C)C. The summed E-state index contributed by atoms with van der Waals surface area (Å²) in [6, 6.07) is 38.7. The second-order valence-electron chi connectivity index (χ2n) is 13.3. The molecule has 0 aliphatic carbocycles. The van der Waals surface area contributed by atoms with E-state index in [1.807, 2.05) is 11.3 Å². The van der Waals surface area contributed by atoms with Crippen molar-refractivity contribution >= 4 is 83.0 Å². The third-order valence-electron chi connectivity index (χ3n) is 11.1. The standard InChI is InChI=1S/C38H33BN2S/c1-23(2)38(5)37(3,4)27-20-22-31-33-34(27)41(38)35-29(21-19-26-25-15-9-12-18-32(25)42-36(26)35)39(33)28-16-10-11-17-30(28)40(31)24-13-7-6-8-14-24/h6-23H,1-5H3. The highest BCUT2D eigenvalue weighted by Crippen LogP contribution is 2.61. The lowest BCUT2D eigenvalue weighted by Gasteiger charge is -2.51. The van der Waals surface area contributed by atoms with E-state index in [9.17, 15) is 0 Å². The fourth-order valence-corrected chi connectivity index (χ4v) is 9.83. The average Bonchev–Trinajstić information content (AvgIpc) is 3.47. The van der Waals surface area contributed by atoms with Gasteiger partial charge < -0.3 is 9.80 Å². The number of hydrogen-bond acceptors (Lipinski definition) is 3. The summed E-state index contributed by atoms with van der Waals surface area (Å²) in [5.41, 5.74) is 12.2. The molecule has 0 saturated heterocycles. The Morgan fingerprint density at radius 2 is 1.40 bits per heavy atom. The topological polar surface area (TPSA) is 6.48 Å². The quantitative estimate of drug-likeness (QED) is 0.196. The fraction of sp³-hybridized carbons (Fsp3) is 0.211. The van der Waals surface area contributed by atoms with E-state index in [2.05, 4.69) is 148 Å². The zero-order valence-corrected chi connectivity index (χ0v) is 25.6. The Bertz CT molecular complexity index is 2090. The molecule has 4 heterocycles. The minimum atomic E-state index is -0.108. The maximum atomic E-state index is 2.81. The molecule has 1 unspecified atom stereocenters. The van der Waals surface area contributed by atoms with Crippen LogP contribution in [0.2, 0.25) is 0 Å². The van der Waals surface area contributed by atoms with Crippen LogP contribution < -0.4 is 26.2 Å². The van der Waals surface area contributed by atoms with E-state index in [4.69, 9.17) is 0 Å². The minimum absolute atomic E-state index is 0.0505. The van der Waals surface area contributed by atoms with Gasteiger partial charge in [0.1, 0.15) is 0 Å². The molecule has 42 heavy (non-hydrogen) atoms. The van der Waals surface area contributed by atoms with Crippen LogP contribution in [-0.4, -0.2) is 12.3 Å². The lowest BCUT2D eigenvalue weighted by atomic mass is 9.33.